The van der Waals surface area contributed by atoms with Gasteiger partial charge in [-0.3, -0.25) is 0 Å². The summed E-state index contributed by atoms with van der Waals surface area (Å²) in [6.45, 7) is 3.59. The predicted molar refractivity (Wildman–Crippen MR) is 131 cm³/mol. The number of ether oxygens (including phenoxy) is 1. The molecule has 3 N–H and O–H groups in total. The molecular weight excluding hydrogens is 400 g/mol. The third-order valence-corrected chi connectivity index (χ3v) is 5.26. The topological polar surface area (TPSA) is 89.1 Å². The van der Waals surface area contributed by atoms with Crippen LogP contribution in [0, 0.1) is 0 Å². The molecule has 174 valence electrons. The van der Waals surface area contributed by atoms with Crippen LogP contribution in [0.25, 0.3) is 0 Å². The number of rotatable bonds is 16. The average molecular weight is 439 g/mol. The molecule has 0 saturated carbocycles. The molecular formula is C26H38N4O2. The number of nitrogens with two attached hydrogens (primary N) is 1. The van der Waals surface area contributed by atoms with E-state index in [1.807, 2.05) is 36.4 Å². The van der Waals surface area contributed by atoms with Crippen LogP contribution in [0.15, 0.2) is 58.8 Å². The first-order valence-corrected chi connectivity index (χ1v) is 11.9. The molecule has 0 atom stereocenters. The molecule has 0 aliphatic heterocycles. The Kier molecular flexibility index (Phi) is 12.6. The number of unbranched alkanes of at least 4 members (excludes halogenated alkanes) is 7. The van der Waals surface area contributed by atoms with Gasteiger partial charge >= 0.3 is 6.03 Å². The van der Waals surface area contributed by atoms with Crippen LogP contribution in [0.4, 0.5) is 16.2 Å². The van der Waals surface area contributed by atoms with Gasteiger partial charge in [0.05, 0.1) is 18.0 Å². The maximum atomic E-state index is 10.6. The Morgan fingerprint density at radius 2 is 1.41 bits per heavy atom. The largest absolute Gasteiger partial charge is 0.494 e. The number of nitrogens with one attached hydrogen (secondary N) is 1. The van der Waals surface area contributed by atoms with Crippen molar-refractivity contribution in [3.05, 3.63) is 54.1 Å². The summed E-state index contributed by atoms with van der Waals surface area (Å²) < 4.78 is 5.80. The lowest BCUT2D eigenvalue weighted by molar-refractivity contribution is 0.248. The van der Waals surface area contributed by atoms with E-state index in [9.17, 15) is 4.79 Å². The minimum absolute atomic E-state index is 0.451. The highest BCUT2D eigenvalue weighted by molar-refractivity contribution is 5.71. The number of aryl methyl sites for hydroxylation is 1. The molecule has 0 unspecified atom stereocenters. The Morgan fingerprint density at radius 1 is 0.812 bits per heavy atom. The lowest BCUT2D eigenvalue weighted by Gasteiger charge is -2.06. The van der Waals surface area contributed by atoms with E-state index in [0.717, 1.165) is 55.6 Å². The number of carbonyl (C=O) groups is 1. The maximum absolute atomic E-state index is 10.6. The van der Waals surface area contributed by atoms with Crippen molar-refractivity contribution in [2.45, 2.75) is 71.1 Å². The number of azo groups is 1. The summed E-state index contributed by atoms with van der Waals surface area (Å²) in [7, 11) is 0. The number of carbonyl (C=O) groups excluding carboxylic acids is 1. The second kappa shape index (κ2) is 15.8. The maximum Gasteiger partial charge on any atom is 0.312 e. The number of urea groups is 1. The Morgan fingerprint density at radius 3 is 2.06 bits per heavy atom. The third-order valence-electron chi connectivity index (χ3n) is 5.26. The molecule has 0 heterocycles. The van der Waals surface area contributed by atoms with Crippen molar-refractivity contribution in [3.8, 4) is 5.75 Å². The molecule has 0 aliphatic carbocycles. The van der Waals surface area contributed by atoms with Gasteiger partial charge < -0.3 is 15.8 Å². The Bertz CT molecular complexity index is 788. The van der Waals surface area contributed by atoms with E-state index in [1.54, 1.807) is 0 Å². The smallest absolute Gasteiger partial charge is 0.312 e. The highest BCUT2D eigenvalue weighted by atomic mass is 16.5. The molecule has 0 aromatic heterocycles. The first-order valence-electron chi connectivity index (χ1n) is 11.9. The van der Waals surface area contributed by atoms with E-state index in [1.165, 1.54) is 31.2 Å². The normalized spacial score (nSPS) is 11.0. The van der Waals surface area contributed by atoms with E-state index in [4.69, 9.17) is 10.5 Å². The van der Waals surface area contributed by atoms with Crippen molar-refractivity contribution in [1.29, 1.82) is 0 Å². The molecule has 2 aromatic carbocycles. The summed E-state index contributed by atoms with van der Waals surface area (Å²) in [6.07, 6.45) is 11.6. The summed E-state index contributed by atoms with van der Waals surface area (Å²) in [4.78, 5) is 10.6. The second-order valence-corrected chi connectivity index (χ2v) is 8.08. The molecule has 2 amide bonds. The summed E-state index contributed by atoms with van der Waals surface area (Å²) in [5, 5.41) is 11.3. The predicted octanol–water partition coefficient (Wildman–Crippen LogP) is 7.22. The SMILES string of the molecule is CCCCCCc1ccc(N=Nc2ccc(OCCCCCCCNC(N)=O)cc2)cc1. The zero-order valence-corrected chi connectivity index (χ0v) is 19.4. The van der Waals surface area contributed by atoms with Gasteiger partial charge in [-0.05, 0) is 67.6 Å². The molecule has 6 nitrogen and oxygen atoms in total. The van der Waals surface area contributed by atoms with Gasteiger partial charge in [0, 0.05) is 6.54 Å². The fraction of sp³-hybridized carbons (Fsp3) is 0.500. The molecule has 32 heavy (non-hydrogen) atoms. The number of amides is 2. The summed E-state index contributed by atoms with van der Waals surface area (Å²) in [5.41, 5.74) is 8.07. The zero-order valence-electron chi connectivity index (χ0n) is 19.4. The number of primary amides is 1. The summed E-state index contributed by atoms with van der Waals surface area (Å²) in [5.74, 6) is 0.849. The van der Waals surface area contributed by atoms with Crippen molar-refractivity contribution in [1.82, 2.24) is 5.32 Å². The van der Waals surface area contributed by atoms with E-state index in [2.05, 4.69) is 34.6 Å². The molecule has 0 fully saturated rings. The Labute approximate surface area is 192 Å². The fourth-order valence-corrected chi connectivity index (χ4v) is 3.37. The number of benzene rings is 2. The molecule has 0 aliphatic rings. The van der Waals surface area contributed by atoms with E-state index in [0.29, 0.717) is 13.2 Å². The highest BCUT2D eigenvalue weighted by Crippen LogP contribution is 2.22. The average Bonchev–Trinajstić information content (AvgIpc) is 2.81. The van der Waals surface area contributed by atoms with Gasteiger partial charge in [0.1, 0.15) is 5.75 Å². The molecule has 0 saturated heterocycles. The minimum Gasteiger partial charge on any atom is -0.494 e. The van der Waals surface area contributed by atoms with Crippen molar-refractivity contribution in [2.75, 3.05) is 13.2 Å². The van der Waals surface area contributed by atoms with Crippen LogP contribution in [0.2, 0.25) is 0 Å². The Hall–Kier alpha value is -2.89. The van der Waals surface area contributed by atoms with Crippen LogP contribution in [-0.4, -0.2) is 19.2 Å². The van der Waals surface area contributed by atoms with Gasteiger partial charge in [-0.2, -0.15) is 10.2 Å². The monoisotopic (exact) mass is 438 g/mol. The molecule has 0 spiro atoms. The van der Waals surface area contributed by atoms with Gasteiger partial charge in [-0.15, -0.1) is 0 Å². The number of hydrogen-bond donors (Lipinski definition) is 2. The van der Waals surface area contributed by atoms with Crippen molar-refractivity contribution in [2.24, 2.45) is 16.0 Å². The van der Waals surface area contributed by atoms with Crippen molar-refractivity contribution < 1.29 is 9.53 Å². The van der Waals surface area contributed by atoms with Crippen LogP contribution >= 0.6 is 0 Å². The molecule has 2 rings (SSSR count). The van der Waals surface area contributed by atoms with Gasteiger partial charge in [-0.25, -0.2) is 4.79 Å². The standard InChI is InChI=1S/C26H38N4O2/c1-2-3-4-8-11-22-12-14-23(15-13-22)29-30-24-16-18-25(19-17-24)32-21-10-7-5-6-9-20-28-26(27)31/h12-19H,2-11,20-21H2,1H3,(H3,27,28,31). The Balaban J connectivity index is 1.61. The first kappa shape index (κ1) is 25.4. The van der Waals surface area contributed by atoms with Crippen LogP contribution in [0.5, 0.6) is 5.75 Å². The number of hydrogen-bond acceptors (Lipinski definition) is 4. The zero-order chi connectivity index (χ0) is 22.9. The van der Waals surface area contributed by atoms with E-state index >= 15 is 0 Å². The molecule has 6 heteroatoms. The summed E-state index contributed by atoms with van der Waals surface area (Å²) >= 11 is 0. The molecule has 0 bridgehead atoms. The van der Waals surface area contributed by atoms with Gasteiger partial charge in [-0.1, -0.05) is 57.6 Å². The van der Waals surface area contributed by atoms with Crippen LogP contribution < -0.4 is 15.8 Å². The van der Waals surface area contributed by atoms with E-state index in [-0.39, 0.29) is 0 Å². The van der Waals surface area contributed by atoms with Crippen molar-refractivity contribution in [3.63, 3.8) is 0 Å². The minimum atomic E-state index is -0.451. The van der Waals surface area contributed by atoms with Crippen LogP contribution in [0.1, 0.15) is 70.3 Å². The quantitative estimate of drug-likeness (QED) is 0.214. The fourth-order valence-electron chi connectivity index (χ4n) is 3.37. The molecule has 2 aromatic rings. The van der Waals surface area contributed by atoms with Gasteiger partial charge in [0.2, 0.25) is 0 Å². The second-order valence-electron chi connectivity index (χ2n) is 8.08. The third kappa shape index (κ3) is 11.5. The van der Waals surface area contributed by atoms with Crippen molar-refractivity contribution >= 4 is 17.4 Å². The lowest BCUT2D eigenvalue weighted by atomic mass is 10.1. The lowest BCUT2D eigenvalue weighted by Crippen LogP contribution is -2.29. The first-order chi connectivity index (χ1) is 15.7. The van der Waals surface area contributed by atoms with Gasteiger partial charge in [0.25, 0.3) is 0 Å². The molecule has 0 radical (unpaired) electrons. The number of nitrogens with zero attached hydrogens (tertiary/aromatic N) is 2. The highest BCUT2D eigenvalue weighted by Gasteiger charge is 1.98. The van der Waals surface area contributed by atoms with Crippen LogP contribution in [-0.2, 0) is 6.42 Å². The van der Waals surface area contributed by atoms with Gasteiger partial charge in [0.15, 0.2) is 0 Å². The van der Waals surface area contributed by atoms with Crippen LogP contribution in [0.3, 0.4) is 0 Å². The van der Waals surface area contributed by atoms with E-state index < -0.39 is 6.03 Å². The summed E-state index contributed by atoms with van der Waals surface area (Å²) in [6, 6.07) is 15.6.